The molecule has 3 N–H and O–H groups in total. The van der Waals surface area contributed by atoms with E-state index in [9.17, 15) is 19.0 Å². The van der Waals surface area contributed by atoms with E-state index in [0.717, 1.165) is 83.5 Å². The fraction of sp³-hybridized carbons (Fsp3) is 0.771. The van der Waals surface area contributed by atoms with E-state index < -0.39 is 26.5 Å². The lowest BCUT2D eigenvalue weighted by molar-refractivity contribution is -0.161. The Kier molecular flexibility index (Phi) is 63.0. The number of phosphoric ester groups is 1. The molecule has 80 heavy (non-hydrogen) atoms. The Hall–Kier alpha value is -2.81. The number of phosphoric acid groups is 1. The minimum atomic E-state index is -4.39. The lowest BCUT2D eigenvalue weighted by Gasteiger charge is -2.19. The van der Waals surface area contributed by atoms with Crippen molar-refractivity contribution in [3.05, 3.63) is 85.1 Å². The molecule has 2 atom stereocenters. The summed E-state index contributed by atoms with van der Waals surface area (Å²) in [6, 6.07) is 0. The quantitative estimate of drug-likeness (QED) is 0.0264. The van der Waals surface area contributed by atoms with Crippen molar-refractivity contribution in [2.75, 3.05) is 26.4 Å². The topological polar surface area (TPSA) is 134 Å². The van der Waals surface area contributed by atoms with E-state index in [4.69, 9.17) is 24.3 Å². The van der Waals surface area contributed by atoms with Gasteiger partial charge in [0.25, 0.3) is 0 Å². The molecule has 0 radical (unpaired) electrons. The second-order valence-corrected chi connectivity index (χ2v) is 23.8. The predicted molar refractivity (Wildman–Crippen MR) is 344 cm³/mol. The molecular formula is C70H126NO8P. The molecule has 2 unspecified atom stereocenters. The van der Waals surface area contributed by atoms with Crippen molar-refractivity contribution in [2.24, 2.45) is 5.73 Å². The number of carbonyl (C=O) groups excluding carboxylic acids is 2. The number of hydrogen-bond donors (Lipinski definition) is 2. The molecule has 0 heterocycles. The number of hydrogen-bond acceptors (Lipinski definition) is 8. The summed E-state index contributed by atoms with van der Waals surface area (Å²) in [5.74, 6) is -0.817. The highest BCUT2D eigenvalue weighted by Crippen LogP contribution is 2.43. The van der Waals surface area contributed by atoms with E-state index in [0.29, 0.717) is 6.42 Å². The third kappa shape index (κ3) is 64.4. The van der Waals surface area contributed by atoms with Crippen LogP contribution in [0.15, 0.2) is 85.1 Å². The Labute approximate surface area is 494 Å². The third-order valence-corrected chi connectivity index (χ3v) is 15.5. The SMILES string of the molecule is CC/C=C\C/C=C\C/C=C\C/C=C\C/C=C\C/C=C\C/C=C\CCCCCCCCCCCCCCCC(=O)OC(COC(=O)CCCCCCCCCCCCCCCCCCCCCCCCCC)COP(=O)(O)OCCN. The van der Waals surface area contributed by atoms with Crippen molar-refractivity contribution in [3.8, 4) is 0 Å². The van der Waals surface area contributed by atoms with Crippen LogP contribution in [-0.2, 0) is 32.7 Å². The van der Waals surface area contributed by atoms with Gasteiger partial charge in [0.2, 0.25) is 0 Å². The van der Waals surface area contributed by atoms with Crippen molar-refractivity contribution >= 4 is 19.8 Å². The first-order valence-electron chi connectivity index (χ1n) is 33.6. The number of allylic oxidation sites excluding steroid dienone is 14. The molecule has 0 aromatic heterocycles. The smallest absolute Gasteiger partial charge is 0.462 e. The maximum Gasteiger partial charge on any atom is 0.472 e. The van der Waals surface area contributed by atoms with E-state index in [-0.39, 0.29) is 38.6 Å². The first-order valence-corrected chi connectivity index (χ1v) is 35.1. The molecule has 0 saturated heterocycles. The Morgan fingerprint density at radius 1 is 0.388 bits per heavy atom. The second kappa shape index (κ2) is 65.3. The van der Waals surface area contributed by atoms with E-state index in [1.54, 1.807) is 0 Å². The van der Waals surface area contributed by atoms with Gasteiger partial charge in [0, 0.05) is 19.4 Å². The van der Waals surface area contributed by atoms with Gasteiger partial charge >= 0.3 is 19.8 Å². The Morgan fingerprint density at radius 3 is 1.02 bits per heavy atom. The van der Waals surface area contributed by atoms with Gasteiger partial charge in [0.05, 0.1) is 13.2 Å². The zero-order valence-corrected chi connectivity index (χ0v) is 52.9. The Morgan fingerprint density at radius 2 is 0.688 bits per heavy atom. The van der Waals surface area contributed by atoms with Gasteiger partial charge in [-0.25, -0.2) is 4.57 Å². The molecular weight excluding hydrogens is 1010 g/mol. The molecule has 9 nitrogen and oxygen atoms in total. The molecule has 0 saturated carbocycles. The molecule has 0 bridgehead atoms. The van der Waals surface area contributed by atoms with Crippen LogP contribution in [0.1, 0.15) is 316 Å². The van der Waals surface area contributed by atoms with Gasteiger partial charge in [0.1, 0.15) is 6.61 Å². The molecule has 464 valence electrons. The van der Waals surface area contributed by atoms with Crippen molar-refractivity contribution < 1.29 is 37.6 Å². The average Bonchev–Trinajstić information content (AvgIpc) is 3.45. The largest absolute Gasteiger partial charge is 0.472 e. The van der Waals surface area contributed by atoms with Crippen molar-refractivity contribution in [1.29, 1.82) is 0 Å². The number of carbonyl (C=O) groups is 2. The predicted octanol–water partition coefficient (Wildman–Crippen LogP) is 21.8. The van der Waals surface area contributed by atoms with Crippen molar-refractivity contribution in [1.82, 2.24) is 0 Å². The molecule has 0 aromatic rings. The molecule has 0 amide bonds. The Bertz CT molecular complexity index is 1590. The molecule has 0 fully saturated rings. The summed E-state index contributed by atoms with van der Waals surface area (Å²) in [6.45, 7) is 3.68. The number of esters is 2. The first-order chi connectivity index (χ1) is 39.3. The van der Waals surface area contributed by atoms with Crippen LogP contribution in [-0.4, -0.2) is 49.3 Å². The van der Waals surface area contributed by atoms with E-state index >= 15 is 0 Å². The lowest BCUT2D eigenvalue weighted by Crippen LogP contribution is -2.29. The van der Waals surface area contributed by atoms with Gasteiger partial charge in [-0.3, -0.25) is 18.6 Å². The monoisotopic (exact) mass is 1140 g/mol. The van der Waals surface area contributed by atoms with Crippen LogP contribution in [0.25, 0.3) is 0 Å². The maximum absolute atomic E-state index is 12.8. The molecule has 10 heteroatoms. The van der Waals surface area contributed by atoms with E-state index in [1.807, 2.05) is 0 Å². The molecule has 0 aliphatic heterocycles. The molecule has 0 spiro atoms. The Balaban J connectivity index is 3.90. The van der Waals surface area contributed by atoms with Gasteiger partial charge in [-0.15, -0.1) is 0 Å². The summed E-state index contributed by atoms with van der Waals surface area (Å²) in [6.07, 6.45) is 86.6. The first kappa shape index (κ1) is 77.2. The van der Waals surface area contributed by atoms with Crippen LogP contribution in [0.4, 0.5) is 0 Å². The lowest BCUT2D eigenvalue weighted by atomic mass is 10.0. The van der Waals surface area contributed by atoms with Crippen molar-refractivity contribution in [2.45, 2.75) is 322 Å². The van der Waals surface area contributed by atoms with Gasteiger partial charge in [0.15, 0.2) is 6.10 Å². The van der Waals surface area contributed by atoms with Gasteiger partial charge in [-0.2, -0.15) is 0 Å². The zero-order chi connectivity index (χ0) is 58.0. The van der Waals surface area contributed by atoms with Crippen LogP contribution in [0, 0.1) is 0 Å². The number of ether oxygens (including phenoxy) is 2. The van der Waals surface area contributed by atoms with Crippen molar-refractivity contribution in [3.63, 3.8) is 0 Å². The molecule has 0 aliphatic carbocycles. The number of unbranched alkanes of at least 4 members (excludes halogenated alkanes) is 36. The summed E-state index contributed by atoms with van der Waals surface area (Å²) in [7, 11) is -4.39. The minimum absolute atomic E-state index is 0.0524. The fourth-order valence-corrected chi connectivity index (χ4v) is 10.4. The highest BCUT2D eigenvalue weighted by molar-refractivity contribution is 7.47. The van der Waals surface area contributed by atoms with Gasteiger partial charge in [-0.05, 0) is 70.6 Å². The van der Waals surface area contributed by atoms with E-state index in [1.165, 1.54) is 199 Å². The van der Waals surface area contributed by atoms with E-state index in [2.05, 4.69) is 98.9 Å². The highest BCUT2D eigenvalue weighted by atomic mass is 31.2. The van der Waals surface area contributed by atoms with Crippen LogP contribution in [0.5, 0.6) is 0 Å². The second-order valence-electron chi connectivity index (χ2n) is 22.3. The average molecular weight is 1140 g/mol. The number of rotatable bonds is 63. The normalized spacial score (nSPS) is 13.5. The molecule has 0 rings (SSSR count). The van der Waals surface area contributed by atoms with Gasteiger partial charge in [-0.1, -0.05) is 317 Å². The summed E-state index contributed by atoms with van der Waals surface area (Å²) in [5, 5.41) is 0. The summed E-state index contributed by atoms with van der Waals surface area (Å²) in [4.78, 5) is 35.3. The third-order valence-electron chi connectivity index (χ3n) is 14.5. The van der Waals surface area contributed by atoms with Crippen LogP contribution in [0.3, 0.4) is 0 Å². The van der Waals surface area contributed by atoms with Crippen LogP contribution < -0.4 is 5.73 Å². The minimum Gasteiger partial charge on any atom is -0.462 e. The molecule has 0 aromatic carbocycles. The summed E-state index contributed by atoms with van der Waals surface area (Å²) < 4.78 is 33.2. The van der Waals surface area contributed by atoms with Gasteiger partial charge < -0.3 is 20.1 Å². The molecule has 0 aliphatic rings. The zero-order valence-electron chi connectivity index (χ0n) is 52.1. The summed E-state index contributed by atoms with van der Waals surface area (Å²) >= 11 is 0. The maximum atomic E-state index is 12.8. The number of nitrogens with two attached hydrogens (primary N) is 1. The highest BCUT2D eigenvalue weighted by Gasteiger charge is 2.26. The standard InChI is InChI=1S/C70H126NO8P/c1-3-5-7-9-11-13-15-17-19-21-23-25-27-29-30-31-32-33-34-35-36-37-38-39-41-43-45-47-49-51-53-55-57-59-61-63-70(73)79-68(67-78-80(74,75)77-65-64-71)66-76-69(72)62-60-58-56-54-52-50-48-46-44-42-40-28-26-24-22-20-18-16-14-12-10-8-6-4-2/h5,7,11,13,17,19,23,25,29-30,32-33,35-36,68H,3-4,6,8-10,12,14-16,18,20-22,24,26-28,31,34,37-67,71H2,1-2H3,(H,74,75)/b7-5-,13-11-,19-17-,25-23-,30-29-,33-32-,36-35-. The summed E-state index contributed by atoms with van der Waals surface area (Å²) in [5.41, 5.74) is 5.40. The van der Waals surface area contributed by atoms with Crippen LogP contribution in [0.2, 0.25) is 0 Å². The fourth-order valence-electron chi connectivity index (χ4n) is 9.62. The van der Waals surface area contributed by atoms with Crippen LogP contribution >= 0.6 is 7.82 Å².